The van der Waals surface area contributed by atoms with Gasteiger partial charge in [0.2, 0.25) is 11.8 Å². The Labute approximate surface area is 182 Å². The Kier molecular flexibility index (Phi) is 7.73. The summed E-state index contributed by atoms with van der Waals surface area (Å²) in [6, 6.07) is 11.2. The third kappa shape index (κ3) is 5.83. The number of nitrogens with one attached hydrogen (secondary N) is 1. The summed E-state index contributed by atoms with van der Waals surface area (Å²) in [4.78, 5) is 28.8. The molecule has 1 saturated carbocycles. The maximum Gasteiger partial charge on any atom is 0.247 e. The number of thiophene rings is 1. The van der Waals surface area contributed by atoms with Crippen LogP contribution in [0.3, 0.4) is 0 Å². The molecule has 1 aromatic heterocycles. The van der Waals surface area contributed by atoms with Gasteiger partial charge in [-0.1, -0.05) is 42.8 Å². The van der Waals surface area contributed by atoms with E-state index in [0.717, 1.165) is 41.7 Å². The van der Waals surface area contributed by atoms with Crippen molar-refractivity contribution in [1.29, 1.82) is 0 Å². The molecule has 3 rings (SSSR count). The molecule has 1 N–H and O–H groups in total. The molecular formula is C23H29ClN2O2S. The Morgan fingerprint density at radius 3 is 2.45 bits per heavy atom. The first-order chi connectivity index (χ1) is 14.0. The fourth-order valence-corrected chi connectivity index (χ4v) is 4.73. The Morgan fingerprint density at radius 2 is 1.86 bits per heavy atom. The largest absolute Gasteiger partial charge is 0.351 e. The van der Waals surface area contributed by atoms with Crippen LogP contribution in [0.1, 0.15) is 54.7 Å². The van der Waals surface area contributed by atoms with Gasteiger partial charge in [-0.25, -0.2) is 0 Å². The van der Waals surface area contributed by atoms with Gasteiger partial charge in [-0.05, 0) is 55.5 Å². The van der Waals surface area contributed by atoms with Crippen molar-refractivity contribution in [2.75, 3.05) is 5.88 Å². The van der Waals surface area contributed by atoms with Crippen LogP contribution in [0.25, 0.3) is 0 Å². The van der Waals surface area contributed by atoms with Gasteiger partial charge in [0.25, 0.3) is 0 Å². The van der Waals surface area contributed by atoms with Crippen LogP contribution in [0.15, 0.2) is 41.8 Å². The summed E-state index contributed by atoms with van der Waals surface area (Å²) >= 11 is 7.51. The minimum absolute atomic E-state index is 0.122. The predicted molar refractivity (Wildman–Crippen MR) is 119 cm³/mol. The van der Waals surface area contributed by atoms with Crippen LogP contribution in [-0.4, -0.2) is 28.6 Å². The van der Waals surface area contributed by atoms with Gasteiger partial charge in [-0.2, -0.15) is 0 Å². The molecule has 1 fully saturated rings. The smallest absolute Gasteiger partial charge is 0.247 e. The summed E-state index contributed by atoms with van der Waals surface area (Å²) < 4.78 is 0. The number of amides is 2. The van der Waals surface area contributed by atoms with E-state index in [2.05, 4.69) is 12.2 Å². The van der Waals surface area contributed by atoms with E-state index in [-0.39, 0.29) is 23.7 Å². The molecule has 2 aromatic rings. The van der Waals surface area contributed by atoms with E-state index >= 15 is 0 Å². The van der Waals surface area contributed by atoms with E-state index in [9.17, 15) is 9.59 Å². The number of rotatable bonds is 7. The van der Waals surface area contributed by atoms with Crippen molar-refractivity contribution < 1.29 is 9.59 Å². The molecule has 0 unspecified atom stereocenters. The topological polar surface area (TPSA) is 49.4 Å². The molecule has 1 atom stereocenters. The Morgan fingerprint density at radius 1 is 1.17 bits per heavy atom. The maximum absolute atomic E-state index is 13.4. The van der Waals surface area contributed by atoms with Gasteiger partial charge >= 0.3 is 0 Å². The zero-order chi connectivity index (χ0) is 20.8. The van der Waals surface area contributed by atoms with Crippen molar-refractivity contribution in [1.82, 2.24) is 10.2 Å². The van der Waals surface area contributed by atoms with Crippen LogP contribution in [0.2, 0.25) is 0 Å². The third-order valence-electron chi connectivity index (χ3n) is 5.66. The number of aryl methyl sites for hydroxylation is 1. The molecule has 1 aliphatic rings. The fourth-order valence-electron chi connectivity index (χ4n) is 3.88. The number of hydrogen-bond acceptors (Lipinski definition) is 3. The Hall–Kier alpha value is -1.85. The second-order valence-corrected chi connectivity index (χ2v) is 9.31. The average molecular weight is 433 g/mol. The van der Waals surface area contributed by atoms with Crippen LogP contribution >= 0.6 is 22.9 Å². The lowest BCUT2D eigenvalue weighted by Gasteiger charge is -2.33. The summed E-state index contributed by atoms with van der Waals surface area (Å²) in [6.45, 7) is 4.64. The van der Waals surface area contributed by atoms with Crippen LogP contribution < -0.4 is 5.32 Å². The lowest BCUT2D eigenvalue weighted by molar-refractivity contribution is -0.140. The van der Waals surface area contributed by atoms with Crippen LogP contribution in [0.4, 0.5) is 0 Å². The molecule has 156 valence electrons. The summed E-state index contributed by atoms with van der Waals surface area (Å²) in [6.07, 6.45) is 4.23. The van der Waals surface area contributed by atoms with Gasteiger partial charge in [-0.15, -0.1) is 22.9 Å². The minimum atomic E-state index is -0.691. The van der Waals surface area contributed by atoms with Crippen molar-refractivity contribution in [2.45, 2.75) is 58.2 Å². The van der Waals surface area contributed by atoms with Gasteiger partial charge < -0.3 is 10.2 Å². The molecule has 1 aliphatic carbocycles. The van der Waals surface area contributed by atoms with E-state index in [4.69, 9.17) is 11.6 Å². The zero-order valence-electron chi connectivity index (χ0n) is 17.1. The molecule has 0 saturated heterocycles. The summed E-state index contributed by atoms with van der Waals surface area (Å²) in [5.41, 5.74) is 1.93. The van der Waals surface area contributed by atoms with Crippen LogP contribution in [0, 0.1) is 12.8 Å². The zero-order valence-corrected chi connectivity index (χ0v) is 18.6. The van der Waals surface area contributed by atoms with Gasteiger partial charge in [-0.3, -0.25) is 9.59 Å². The van der Waals surface area contributed by atoms with Crippen molar-refractivity contribution in [3.63, 3.8) is 0 Å². The monoisotopic (exact) mass is 432 g/mol. The number of hydrogen-bond donors (Lipinski definition) is 1. The number of halogens is 1. The summed E-state index contributed by atoms with van der Waals surface area (Å²) in [7, 11) is 0. The first-order valence-corrected chi connectivity index (χ1v) is 11.6. The summed E-state index contributed by atoms with van der Waals surface area (Å²) in [5.74, 6) is 0.202. The number of carbonyl (C=O) groups excluding carboxylic acids is 2. The van der Waals surface area contributed by atoms with Gasteiger partial charge in [0.05, 0.1) is 6.54 Å². The molecule has 29 heavy (non-hydrogen) atoms. The highest BCUT2D eigenvalue weighted by molar-refractivity contribution is 7.09. The highest BCUT2D eigenvalue weighted by Crippen LogP contribution is 2.28. The molecule has 0 spiro atoms. The van der Waals surface area contributed by atoms with Gasteiger partial charge in [0.1, 0.15) is 11.9 Å². The van der Waals surface area contributed by atoms with Crippen molar-refractivity contribution in [2.24, 2.45) is 5.92 Å². The minimum Gasteiger partial charge on any atom is -0.351 e. The second kappa shape index (κ2) is 10.3. The quantitative estimate of drug-likeness (QED) is 0.621. The number of carbonyl (C=O) groups is 2. The van der Waals surface area contributed by atoms with Gasteiger partial charge in [0, 0.05) is 10.9 Å². The molecule has 2 amide bonds. The van der Waals surface area contributed by atoms with Crippen LogP contribution in [-0.2, 0) is 16.1 Å². The van der Waals surface area contributed by atoms with Crippen LogP contribution in [0.5, 0.6) is 0 Å². The first kappa shape index (κ1) is 21.8. The maximum atomic E-state index is 13.4. The lowest BCUT2D eigenvalue weighted by Crippen LogP contribution is -2.47. The molecule has 1 heterocycles. The SMILES string of the molecule is Cc1ccc([C@H](C(=O)NC2CCC(C)CC2)N(Cc2cccs2)C(=O)CCl)cc1. The Balaban J connectivity index is 1.88. The van der Waals surface area contributed by atoms with E-state index in [1.807, 2.05) is 48.7 Å². The summed E-state index contributed by atoms with van der Waals surface area (Å²) in [5, 5.41) is 5.19. The number of alkyl halides is 1. The van der Waals surface area contributed by atoms with Crippen molar-refractivity contribution >= 4 is 34.8 Å². The van der Waals surface area contributed by atoms with Crippen molar-refractivity contribution in [3.05, 3.63) is 57.8 Å². The number of nitrogens with zero attached hydrogens (tertiary/aromatic N) is 1. The van der Waals surface area contributed by atoms with E-state index in [0.29, 0.717) is 12.5 Å². The Bertz CT molecular complexity index is 799. The normalized spacial score (nSPS) is 20.1. The van der Waals surface area contributed by atoms with E-state index < -0.39 is 6.04 Å². The second-order valence-electron chi connectivity index (χ2n) is 8.01. The standard InChI is InChI=1S/C23H29ClN2O2S/c1-16-5-9-18(10-6-16)22(23(28)25-19-11-7-17(2)8-12-19)26(21(27)14-24)15-20-4-3-13-29-20/h3-6,9-10,13,17,19,22H,7-8,11-12,14-15H2,1-2H3,(H,25,28)/t17?,19?,22-/m1/s1. The molecule has 0 radical (unpaired) electrons. The average Bonchev–Trinajstić information content (AvgIpc) is 3.23. The van der Waals surface area contributed by atoms with Crippen molar-refractivity contribution in [3.8, 4) is 0 Å². The number of benzene rings is 1. The molecule has 4 nitrogen and oxygen atoms in total. The van der Waals surface area contributed by atoms with E-state index in [1.165, 1.54) is 0 Å². The molecule has 0 bridgehead atoms. The van der Waals surface area contributed by atoms with Gasteiger partial charge in [0.15, 0.2) is 0 Å². The first-order valence-electron chi connectivity index (χ1n) is 10.2. The predicted octanol–water partition coefficient (Wildman–Crippen LogP) is 5.06. The molecule has 6 heteroatoms. The highest BCUT2D eigenvalue weighted by atomic mass is 35.5. The van der Waals surface area contributed by atoms with E-state index in [1.54, 1.807) is 16.2 Å². The molecule has 0 aliphatic heterocycles. The lowest BCUT2D eigenvalue weighted by atomic mass is 9.87. The molecule has 1 aromatic carbocycles. The fraction of sp³-hybridized carbons (Fsp3) is 0.478. The third-order valence-corrected chi connectivity index (χ3v) is 6.75. The molecular weight excluding hydrogens is 404 g/mol. The highest BCUT2D eigenvalue weighted by Gasteiger charge is 2.33.